The summed E-state index contributed by atoms with van der Waals surface area (Å²) >= 11 is 0. The second-order valence-electron chi connectivity index (χ2n) is 3.82. The number of amides is 1. The van der Waals surface area contributed by atoms with Gasteiger partial charge in [0.1, 0.15) is 17.6 Å². The van der Waals surface area contributed by atoms with Crippen LogP contribution >= 0.6 is 0 Å². The smallest absolute Gasteiger partial charge is 0.257 e. The van der Waals surface area contributed by atoms with Gasteiger partial charge in [-0.1, -0.05) is 6.07 Å². The summed E-state index contributed by atoms with van der Waals surface area (Å²) in [7, 11) is 0. The zero-order valence-electron chi connectivity index (χ0n) is 10.3. The molecule has 1 aromatic heterocycles. The molecule has 0 fully saturated rings. The van der Waals surface area contributed by atoms with E-state index in [2.05, 4.69) is 10.3 Å². The number of nitriles is 1. The van der Waals surface area contributed by atoms with Gasteiger partial charge in [-0.25, -0.2) is 4.39 Å². The highest BCUT2D eigenvalue weighted by atomic mass is 19.1. The van der Waals surface area contributed by atoms with Crippen LogP contribution in [0.3, 0.4) is 0 Å². The predicted molar refractivity (Wildman–Crippen MR) is 69.7 cm³/mol. The minimum atomic E-state index is -0.580. The largest absolute Gasteiger partial charge is 0.479 e. The Bertz CT molecular complexity index is 667. The molecule has 0 atom stereocenters. The molecule has 0 aliphatic rings. The number of anilines is 1. The van der Waals surface area contributed by atoms with Gasteiger partial charge in [0.25, 0.3) is 5.91 Å². The summed E-state index contributed by atoms with van der Waals surface area (Å²) in [5.41, 5.74) is 0.600. The van der Waals surface area contributed by atoms with E-state index in [4.69, 9.17) is 10.00 Å². The second-order valence-corrected chi connectivity index (χ2v) is 3.82. The zero-order valence-corrected chi connectivity index (χ0v) is 10.3. The van der Waals surface area contributed by atoms with Crippen LogP contribution in [0.15, 0.2) is 42.7 Å². The molecule has 1 N–H and O–H groups in total. The Morgan fingerprint density at radius 1 is 1.40 bits per heavy atom. The average Bonchev–Trinajstić information content (AvgIpc) is 2.45. The van der Waals surface area contributed by atoms with Crippen LogP contribution < -0.4 is 10.1 Å². The number of nitrogens with one attached hydrogen (secondary N) is 1. The molecule has 1 aromatic carbocycles. The molecule has 5 nitrogen and oxygen atoms in total. The number of hydrogen-bond donors (Lipinski definition) is 1. The molecule has 0 spiro atoms. The van der Waals surface area contributed by atoms with Gasteiger partial charge in [0.15, 0.2) is 6.61 Å². The standard InChI is InChI=1S/C14H10FN3O2/c15-11-6-10(8-17-9-11)14(19)18-12-2-1-3-13(7-12)20-5-4-16/h1-3,6-9H,5H2,(H,18,19). The number of ether oxygens (including phenoxy) is 1. The minimum absolute atomic E-state index is 0.0782. The Balaban J connectivity index is 2.10. The second kappa shape index (κ2) is 6.29. The van der Waals surface area contributed by atoms with Crippen molar-refractivity contribution in [1.82, 2.24) is 4.98 Å². The van der Waals surface area contributed by atoms with Crippen LogP contribution in [-0.2, 0) is 0 Å². The van der Waals surface area contributed by atoms with Gasteiger partial charge in [-0.3, -0.25) is 9.78 Å². The summed E-state index contributed by atoms with van der Waals surface area (Å²) in [4.78, 5) is 15.5. The van der Waals surface area contributed by atoms with Crippen molar-refractivity contribution in [2.45, 2.75) is 0 Å². The topological polar surface area (TPSA) is 75.0 Å². The Kier molecular flexibility index (Phi) is 4.24. The number of carbonyl (C=O) groups excluding carboxylic acids is 1. The van der Waals surface area contributed by atoms with Crippen LogP contribution in [0.4, 0.5) is 10.1 Å². The fourth-order valence-electron chi connectivity index (χ4n) is 1.52. The third-order valence-corrected chi connectivity index (χ3v) is 2.36. The average molecular weight is 271 g/mol. The SMILES string of the molecule is N#CCOc1cccc(NC(=O)c2cncc(F)c2)c1. The van der Waals surface area contributed by atoms with Crippen LogP contribution in [0.2, 0.25) is 0 Å². The molecule has 0 bridgehead atoms. The first-order valence-electron chi connectivity index (χ1n) is 5.71. The summed E-state index contributed by atoms with van der Waals surface area (Å²) in [6.07, 6.45) is 2.29. The summed E-state index contributed by atoms with van der Waals surface area (Å²) in [6.45, 7) is -0.0782. The van der Waals surface area contributed by atoms with E-state index >= 15 is 0 Å². The van der Waals surface area contributed by atoms with Crippen LogP contribution in [-0.4, -0.2) is 17.5 Å². The summed E-state index contributed by atoms with van der Waals surface area (Å²) in [5.74, 6) is -0.597. The van der Waals surface area contributed by atoms with Crippen molar-refractivity contribution >= 4 is 11.6 Å². The van der Waals surface area contributed by atoms with Crippen molar-refractivity contribution < 1.29 is 13.9 Å². The van der Waals surface area contributed by atoms with E-state index in [1.165, 1.54) is 6.20 Å². The van der Waals surface area contributed by atoms with E-state index in [-0.39, 0.29) is 12.2 Å². The van der Waals surface area contributed by atoms with Gasteiger partial charge in [-0.05, 0) is 18.2 Å². The van der Waals surface area contributed by atoms with Gasteiger partial charge >= 0.3 is 0 Å². The van der Waals surface area contributed by atoms with Gasteiger partial charge in [0, 0.05) is 18.0 Å². The molecule has 1 amide bonds. The molecular formula is C14H10FN3O2. The van der Waals surface area contributed by atoms with E-state index in [9.17, 15) is 9.18 Å². The summed E-state index contributed by atoms with van der Waals surface area (Å²) in [5, 5.41) is 11.0. The Hall–Kier alpha value is -2.94. The maximum Gasteiger partial charge on any atom is 0.257 e. The van der Waals surface area contributed by atoms with E-state index in [1.54, 1.807) is 24.3 Å². The van der Waals surface area contributed by atoms with Crippen LogP contribution in [0, 0.1) is 17.1 Å². The van der Waals surface area contributed by atoms with Crippen molar-refractivity contribution in [2.24, 2.45) is 0 Å². The fourth-order valence-corrected chi connectivity index (χ4v) is 1.52. The third kappa shape index (κ3) is 3.53. The molecule has 0 radical (unpaired) electrons. The first-order valence-corrected chi connectivity index (χ1v) is 5.71. The van der Waals surface area contributed by atoms with Crippen LogP contribution in [0.25, 0.3) is 0 Å². The van der Waals surface area contributed by atoms with E-state index < -0.39 is 11.7 Å². The molecule has 100 valence electrons. The molecule has 0 saturated heterocycles. The zero-order chi connectivity index (χ0) is 14.4. The number of nitrogens with zero attached hydrogens (tertiary/aromatic N) is 2. The lowest BCUT2D eigenvalue weighted by molar-refractivity contribution is 0.102. The quantitative estimate of drug-likeness (QED) is 0.926. The van der Waals surface area contributed by atoms with Gasteiger partial charge in [-0.15, -0.1) is 0 Å². The van der Waals surface area contributed by atoms with E-state index in [0.717, 1.165) is 12.3 Å². The molecule has 0 saturated carbocycles. The molecule has 0 unspecified atom stereocenters. The fraction of sp³-hybridized carbons (Fsp3) is 0.0714. The number of pyridine rings is 1. The van der Waals surface area contributed by atoms with Crippen molar-refractivity contribution in [3.63, 3.8) is 0 Å². The molecule has 1 heterocycles. The molecule has 6 heteroatoms. The number of carbonyl (C=O) groups is 1. The number of aromatic nitrogens is 1. The number of hydrogen-bond acceptors (Lipinski definition) is 4. The Morgan fingerprint density at radius 3 is 3.00 bits per heavy atom. The van der Waals surface area contributed by atoms with Crippen molar-refractivity contribution in [1.29, 1.82) is 5.26 Å². The Morgan fingerprint density at radius 2 is 2.25 bits per heavy atom. The Labute approximate surface area is 114 Å². The molecular weight excluding hydrogens is 261 g/mol. The first-order chi connectivity index (χ1) is 9.69. The van der Waals surface area contributed by atoms with Crippen LogP contribution in [0.5, 0.6) is 5.75 Å². The summed E-state index contributed by atoms with van der Waals surface area (Å²) in [6, 6.07) is 9.51. The van der Waals surface area contributed by atoms with Crippen molar-refractivity contribution in [3.8, 4) is 11.8 Å². The van der Waals surface area contributed by atoms with E-state index in [1.807, 2.05) is 6.07 Å². The maximum atomic E-state index is 13.0. The van der Waals surface area contributed by atoms with Gasteiger partial charge in [0.2, 0.25) is 0 Å². The van der Waals surface area contributed by atoms with Gasteiger partial charge in [-0.2, -0.15) is 5.26 Å². The third-order valence-electron chi connectivity index (χ3n) is 2.36. The first kappa shape index (κ1) is 13.5. The van der Waals surface area contributed by atoms with Gasteiger partial charge < -0.3 is 10.1 Å². The van der Waals surface area contributed by atoms with Gasteiger partial charge in [0.05, 0.1) is 11.8 Å². The van der Waals surface area contributed by atoms with Crippen molar-refractivity contribution in [3.05, 3.63) is 54.1 Å². The highest BCUT2D eigenvalue weighted by molar-refractivity contribution is 6.04. The number of halogens is 1. The minimum Gasteiger partial charge on any atom is -0.479 e. The highest BCUT2D eigenvalue weighted by Crippen LogP contribution is 2.18. The number of benzene rings is 1. The molecule has 2 aromatic rings. The van der Waals surface area contributed by atoms with Crippen molar-refractivity contribution in [2.75, 3.05) is 11.9 Å². The van der Waals surface area contributed by atoms with Crippen LogP contribution in [0.1, 0.15) is 10.4 Å². The normalized spacial score (nSPS) is 9.60. The molecule has 0 aliphatic carbocycles. The summed E-state index contributed by atoms with van der Waals surface area (Å²) < 4.78 is 18.1. The molecule has 0 aliphatic heterocycles. The van der Waals surface area contributed by atoms with E-state index in [0.29, 0.717) is 11.4 Å². The monoisotopic (exact) mass is 271 g/mol. The highest BCUT2D eigenvalue weighted by Gasteiger charge is 2.08. The lowest BCUT2D eigenvalue weighted by Gasteiger charge is -2.07. The molecule has 20 heavy (non-hydrogen) atoms. The molecule has 2 rings (SSSR count). The maximum absolute atomic E-state index is 13.0. The lowest BCUT2D eigenvalue weighted by atomic mass is 10.2. The number of rotatable bonds is 4. The predicted octanol–water partition coefficient (Wildman–Crippen LogP) is 2.38. The lowest BCUT2D eigenvalue weighted by Crippen LogP contribution is -2.12.